The van der Waals surface area contributed by atoms with Crippen molar-refractivity contribution in [3.8, 4) is 0 Å². The van der Waals surface area contributed by atoms with Gasteiger partial charge in [-0.15, -0.1) is 0 Å². The van der Waals surface area contributed by atoms with Crippen LogP contribution in [0.3, 0.4) is 0 Å². The van der Waals surface area contributed by atoms with Gasteiger partial charge < -0.3 is 9.84 Å². The Morgan fingerprint density at radius 2 is 2.53 bits per heavy atom. The highest BCUT2D eigenvalue weighted by atomic mass is 32.2. The fourth-order valence-corrected chi connectivity index (χ4v) is 2.95. The Kier molecular flexibility index (Phi) is 2.92. The van der Waals surface area contributed by atoms with Gasteiger partial charge in [-0.2, -0.15) is 0 Å². The third-order valence-corrected chi connectivity index (χ3v) is 3.64. The maximum atomic E-state index is 11.6. The van der Waals surface area contributed by atoms with Crippen LogP contribution in [-0.2, 0) is 10.0 Å². The van der Waals surface area contributed by atoms with Gasteiger partial charge in [0.1, 0.15) is 6.26 Å². The lowest BCUT2D eigenvalue weighted by Crippen LogP contribution is -2.32. The van der Waals surface area contributed by atoms with Crippen LogP contribution in [0, 0.1) is 0 Å². The van der Waals surface area contributed by atoms with Gasteiger partial charge in [-0.05, 0) is 19.4 Å². The van der Waals surface area contributed by atoms with Gasteiger partial charge >= 0.3 is 0 Å². The molecular formula is C8H13N3O3S. The van der Waals surface area contributed by atoms with Crippen molar-refractivity contribution in [3.05, 3.63) is 12.3 Å². The minimum atomic E-state index is -3.32. The maximum absolute atomic E-state index is 11.6. The van der Waals surface area contributed by atoms with E-state index in [9.17, 15) is 8.42 Å². The van der Waals surface area contributed by atoms with Crippen LogP contribution >= 0.6 is 0 Å². The van der Waals surface area contributed by atoms with E-state index in [1.165, 1.54) is 12.3 Å². The highest BCUT2D eigenvalue weighted by molar-refractivity contribution is 7.92. The van der Waals surface area contributed by atoms with Gasteiger partial charge in [0.25, 0.3) is 0 Å². The second-order valence-corrected chi connectivity index (χ2v) is 5.33. The van der Waals surface area contributed by atoms with Gasteiger partial charge in [-0.1, -0.05) is 5.16 Å². The summed E-state index contributed by atoms with van der Waals surface area (Å²) in [4.78, 5) is 0. The minimum absolute atomic E-state index is 0.0504. The predicted octanol–water partition coefficient (Wildman–Crippen LogP) is 0.168. The van der Waals surface area contributed by atoms with E-state index in [-0.39, 0.29) is 17.6 Å². The first-order valence-corrected chi connectivity index (χ1v) is 6.45. The van der Waals surface area contributed by atoms with Crippen LogP contribution < -0.4 is 10.0 Å². The molecule has 84 valence electrons. The molecule has 0 spiro atoms. The number of anilines is 1. The third kappa shape index (κ3) is 2.93. The molecule has 0 saturated carbocycles. The fourth-order valence-electron chi connectivity index (χ4n) is 1.63. The average Bonchev–Trinajstić information content (AvgIpc) is 2.75. The molecule has 1 aromatic heterocycles. The zero-order valence-corrected chi connectivity index (χ0v) is 8.96. The predicted molar refractivity (Wildman–Crippen MR) is 54.9 cm³/mol. The molecule has 1 aromatic rings. The van der Waals surface area contributed by atoms with Gasteiger partial charge in [0.2, 0.25) is 10.0 Å². The Labute approximate surface area is 88.1 Å². The summed E-state index contributed by atoms with van der Waals surface area (Å²) in [5.41, 5.74) is 0. The van der Waals surface area contributed by atoms with Gasteiger partial charge in [0, 0.05) is 12.1 Å². The molecule has 0 amide bonds. The molecule has 6 nitrogen and oxygen atoms in total. The molecule has 2 rings (SSSR count). The van der Waals surface area contributed by atoms with E-state index in [4.69, 9.17) is 0 Å². The molecule has 7 heteroatoms. The second kappa shape index (κ2) is 4.19. The van der Waals surface area contributed by atoms with E-state index in [1.807, 2.05) is 0 Å². The first kappa shape index (κ1) is 10.4. The molecule has 1 unspecified atom stereocenters. The Bertz CT molecular complexity index is 395. The number of hydrogen-bond acceptors (Lipinski definition) is 5. The van der Waals surface area contributed by atoms with Crippen molar-refractivity contribution in [2.24, 2.45) is 0 Å². The van der Waals surface area contributed by atoms with Crippen molar-refractivity contribution < 1.29 is 12.9 Å². The van der Waals surface area contributed by atoms with Gasteiger partial charge in [-0.3, -0.25) is 4.72 Å². The molecule has 1 aliphatic rings. The van der Waals surface area contributed by atoms with Crippen LogP contribution in [0.15, 0.2) is 16.9 Å². The normalized spacial score (nSPS) is 21.7. The van der Waals surface area contributed by atoms with Crippen molar-refractivity contribution in [1.29, 1.82) is 0 Å². The lowest BCUT2D eigenvalue weighted by Gasteiger charge is -2.10. The lowest BCUT2D eigenvalue weighted by molar-refractivity contribution is 0.423. The summed E-state index contributed by atoms with van der Waals surface area (Å²) >= 11 is 0. The molecule has 0 bridgehead atoms. The number of sulfonamides is 1. The average molecular weight is 231 g/mol. The van der Waals surface area contributed by atoms with Crippen LogP contribution in [0.5, 0.6) is 0 Å². The van der Waals surface area contributed by atoms with Gasteiger partial charge in [-0.25, -0.2) is 8.42 Å². The Morgan fingerprint density at radius 1 is 1.67 bits per heavy atom. The molecule has 0 aliphatic carbocycles. The third-order valence-electron chi connectivity index (χ3n) is 2.28. The van der Waals surface area contributed by atoms with Crippen LogP contribution in [0.2, 0.25) is 0 Å². The van der Waals surface area contributed by atoms with Crippen LogP contribution in [-0.4, -0.2) is 31.9 Å². The standard InChI is InChI=1S/C8H13N3O3S/c12-15(13,6-7-2-1-4-9-7)11-8-3-5-14-10-8/h3,5,7,9H,1-2,4,6H2,(H,10,11). The monoisotopic (exact) mass is 231 g/mol. The Morgan fingerprint density at radius 3 is 3.13 bits per heavy atom. The Hall–Kier alpha value is -1.08. The number of aromatic nitrogens is 1. The number of rotatable bonds is 4. The smallest absolute Gasteiger partial charge is 0.235 e. The summed E-state index contributed by atoms with van der Waals surface area (Å²) in [5.74, 6) is 0.313. The SMILES string of the molecule is O=S(=O)(CC1CCCN1)Nc1ccon1. The van der Waals surface area contributed by atoms with Crippen molar-refractivity contribution in [1.82, 2.24) is 10.5 Å². The zero-order valence-electron chi connectivity index (χ0n) is 8.14. The van der Waals surface area contributed by atoms with Gasteiger partial charge in [0.05, 0.1) is 5.75 Å². The molecule has 1 fully saturated rings. The van der Waals surface area contributed by atoms with Crippen molar-refractivity contribution in [3.63, 3.8) is 0 Å². The molecule has 1 atom stereocenters. The van der Waals surface area contributed by atoms with Crippen LogP contribution in [0.4, 0.5) is 5.82 Å². The molecular weight excluding hydrogens is 218 g/mol. The first-order valence-electron chi connectivity index (χ1n) is 4.80. The van der Waals surface area contributed by atoms with Crippen LogP contribution in [0.25, 0.3) is 0 Å². The summed E-state index contributed by atoms with van der Waals surface area (Å²) in [6.45, 7) is 0.893. The number of nitrogens with zero attached hydrogens (tertiary/aromatic N) is 1. The quantitative estimate of drug-likeness (QED) is 0.771. The van der Waals surface area contributed by atoms with E-state index < -0.39 is 10.0 Å². The second-order valence-electron chi connectivity index (χ2n) is 3.56. The molecule has 0 aromatic carbocycles. The topological polar surface area (TPSA) is 84.2 Å². The minimum Gasteiger partial charge on any atom is -0.363 e. The lowest BCUT2D eigenvalue weighted by atomic mass is 10.3. The van der Waals surface area contributed by atoms with Gasteiger partial charge in [0.15, 0.2) is 5.82 Å². The summed E-state index contributed by atoms with van der Waals surface area (Å²) in [5, 5.41) is 6.62. The highest BCUT2D eigenvalue weighted by Gasteiger charge is 2.22. The summed E-state index contributed by atoms with van der Waals surface area (Å²) in [6, 6.07) is 1.52. The number of hydrogen-bond donors (Lipinski definition) is 2. The largest absolute Gasteiger partial charge is 0.363 e. The molecule has 15 heavy (non-hydrogen) atoms. The van der Waals surface area contributed by atoms with E-state index in [1.54, 1.807) is 0 Å². The summed E-state index contributed by atoms with van der Waals surface area (Å²) < 4.78 is 30.1. The highest BCUT2D eigenvalue weighted by Crippen LogP contribution is 2.10. The van der Waals surface area contributed by atoms with E-state index in [2.05, 4.69) is 19.7 Å². The molecule has 0 radical (unpaired) electrons. The maximum Gasteiger partial charge on any atom is 0.235 e. The van der Waals surface area contributed by atoms with E-state index >= 15 is 0 Å². The summed E-state index contributed by atoms with van der Waals surface area (Å²) in [7, 11) is -3.32. The van der Waals surface area contributed by atoms with E-state index in [0.29, 0.717) is 0 Å². The van der Waals surface area contributed by atoms with E-state index in [0.717, 1.165) is 19.4 Å². The first-order chi connectivity index (χ1) is 7.16. The fraction of sp³-hybridized carbons (Fsp3) is 0.625. The molecule has 1 aliphatic heterocycles. The zero-order chi connectivity index (χ0) is 10.7. The summed E-state index contributed by atoms with van der Waals surface area (Å²) in [6.07, 6.45) is 3.26. The molecule has 1 saturated heterocycles. The Balaban J connectivity index is 1.94. The van der Waals surface area contributed by atoms with Crippen molar-refractivity contribution >= 4 is 15.8 Å². The van der Waals surface area contributed by atoms with Crippen molar-refractivity contribution in [2.45, 2.75) is 18.9 Å². The molecule has 2 N–H and O–H groups in total. The van der Waals surface area contributed by atoms with Crippen molar-refractivity contribution in [2.75, 3.05) is 17.0 Å². The molecule has 2 heterocycles. The number of nitrogens with one attached hydrogen (secondary N) is 2. The van der Waals surface area contributed by atoms with Crippen LogP contribution in [0.1, 0.15) is 12.8 Å².